The highest BCUT2D eigenvalue weighted by atomic mass is 32.1. The lowest BCUT2D eigenvalue weighted by molar-refractivity contribution is -0.140. The van der Waals surface area contributed by atoms with Crippen LogP contribution in [0.4, 0.5) is 42.1 Å². The third-order valence-electron chi connectivity index (χ3n) is 5.68. The molecule has 41 heavy (non-hydrogen) atoms. The molecule has 0 unspecified atom stereocenters. The fourth-order valence-corrected chi connectivity index (χ4v) is 4.86. The summed E-state index contributed by atoms with van der Waals surface area (Å²) in [5.41, 5.74) is -4.11. The van der Waals surface area contributed by atoms with Gasteiger partial charge < -0.3 is 20.5 Å². The number of aromatic carboxylic acids is 1. The number of nitrogens with one attached hydrogen (secondary N) is 2. The summed E-state index contributed by atoms with van der Waals surface area (Å²) in [4.78, 5) is 37.4. The summed E-state index contributed by atoms with van der Waals surface area (Å²) in [5.74, 6) is -5.16. The number of carboxylic acids is 1. The zero-order chi connectivity index (χ0) is 30.3. The number of rotatable bonds is 6. The first-order chi connectivity index (χ1) is 19.1. The molecule has 0 radical (unpaired) electrons. The fraction of sp³-hybridized carbons (Fsp3) is 0.115. The van der Waals surface area contributed by atoms with E-state index >= 15 is 0 Å². The molecule has 3 aromatic carbocycles. The van der Waals surface area contributed by atoms with Gasteiger partial charge in [-0.1, -0.05) is 6.07 Å². The van der Waals surface area contributed by atoms with Gasteiger partial charge in [-0.2, -0.15) is 26.3 Å². The van der Waals surface area contributed by atoms with Crippen molar-refractivity contribution in [2.24, 2.45) is 0 Å². The Morgan fingerprint density at radius 2 is 1.56 bits per heavy atom. The minimum atomic E-state index is -5.08. The van der Waals surface area contributed by atoms with Gasteiger partial charge in [0.05, 0.1) is 35.1 Å². The third-order valence-corrected chi connectivity index (χ3v) is 6.83. The van der Waals surface area contributed by atoms with Gasteiger partial charge in [0.15, 0.2) is 0 Å². The quantitative estimate of drug-likeness (QED) is 0.202. The van der Waals surface area contributed by atoms with E-state index in [1.54, 1.807) is 0 Å². The lowest BCUT2D eigenvalue weighted by atomic mass is 10.1. The van der Waals surface area contributed by atoms with E-state index in [2.05, 4.69) is 10.6 Å². The number of ether oxygens (including phenoxy) is 1. The maximum atomic E-state index is 13.7. The van der Waals surface area contributed by atoms with Gasteiger partial charge in [-0.3, -0.25) is 9.59 Å². The SMILES string of the molecule is COc1ccc(C(=O)O)cc1C(=O)Nc1c(C(=O)Nc2ccc(F)c(C(F)(F)F)c2)sc2cc(C(F)(F)F)ccc12. The summed E-state index contributed by atoms with van der Waals surface area (Å²) in [6.07, 6.45) is -9.84. The molecule has 0 fully saturated rings. The van der Waals surface area contributed by atoms with Crippen molar-refractivity contribution in [3.05, 3.63) is 87.5 Å². The normalized spacial score (nSPS) is 11.8. The molecule has 4 aromatic rings. The van der Waals surface area contributed by atoms with Crippen LogP contribution in [-0.2, 0) is 12.4 Å². The van der Waals surface area contributed by atoms with E-state index < -0.39 is 57.6 Å². The lowest BCUT2D eigenvalue weighted by Gasteiger charge is -2.13. The second-order valence-corrected chi connectivity index (χ2v) is 9.39. The van der Waals surface area contributed by atoms with Crippen LogP contribution >= 0.6 is 11.3 Å². The van der Waals surface area contributed by atoms with Crippen LogP contribution in [0.15, 0.2) is 54.6 Å². The van der Waals surface area contributed by atoms with E-state index in [1.165, 1.54) is 13.2 Å². The average Bonchev–Trinajstić information content (AvgIpc) is 3.25. The summed E-state index contributed by atoms with van der Waals surface area (Å²) < 4.78 is 98.0. The molecule has 3 N–H and O–H groups in total. The van der Waals surface area contributed by atoms with Gasteiger partial charge in [0.1, 0.15) is 16.4 Å². The van der Waals surface area contributed by atoms with Crippen LogP contribution in [-0.4, -0.2) is 30.0 Å². The maximum Gasteiger partial charge on any atom is 0.419 e. The Labute approximate surface area is 229 Å². The number of halogens is 7. The molecule has 2 amide bonds. The van der Waals surface area contributed by atoms with E-state index in [1.807, 2.05) is 0 Å². The second kappa shape index (κ2) is 10.7. The number of hydrogen-bond acceptors (Lipinski definition) is 5. The van der Waals surface area contributed by atoms with Crippen LogP contribution in [0.1, 0.15) is 41.5 Å². The van der Waals surface area contributed by atoms with Crippen LogP contribution in [0, 0.1) is 5.82 Å². The zero-order valence-electron chi connectivity index (χ0n) is 20.3. The number of fused-ring (bicyclic) bond motifs is 1. The molecule has 15 heteroatoms. The molecule has 1 heterocycles. The molecule has 0 saturated carbocycles. The van der Waals surface area contributed by atoms with Crippen molar-refractivity contribution in [1.29, 1.82) is 0 Å². The summed E-state index contributed by atoms with van der Waals surface area (Å²) >= 11 is 0.501. The number of hydrogen-bond donors (Lipinski definition) is 3. The Hall–Kier alpha value is -4.66. The van der Waals surface area contributed by atoms with Crippen molar-refractivity contribution < 1.29 is 55.0 Å². The topological polar surface area (TPSA) is 105 Å². The first kappa shape index (κ1) is 29.3. The molecular weight excluding hydrogens is 585 g/mol. The highest BCUT2D eigenvalue weighted by molar-refractivity contribution is 7.21. The van der Waals surface area contributed by atoms with Gasteiger partial charge >= 0.3 is 18.3 Å². The van der Waals surface area contributed by atoms with Crippen LogP contribution < -0.4 is 15.4 Å². The number of amides is 2. The molecule has 0 bridgehead atoms. The van der Waals surface area contributed by atoms with E-state index in [4.69, 9.17) is 4.74 Å². The summed E-state index contributed by atoms with van der Waals surface area (Å²) in [6, 6.07) is 7.40. The number of carboxylic acid groups (broad SMARTS) is 1. The highest BCUT2D eigenvalue weighted by Gasteiger charge is 2.35. The number of carbonyl (C=O) groups is 3. The van der Waals surface area contributed by atoms with E-state index in [-0.39, 0.29) is 32.6 Å². The van der Waals surface area contributed by atoms with E-state index in [0.717, 1.165) is 30.3 Å². The molecule has 7 nitrogen and oxygen atoms in total. The van der Waals surface area contributed by atoms with E-state index in [9.17, 15) is 50.2 Å². The minimum absolute atomic E-state index is 0.0232. The summed E-state index contributed by atoms with van der Waals surface area (Å²) in [6.45, 7) is 0. The predicted octanol–water partition coefficient (Wildman–Crippen LogP) is 7.29. The Bertz CT molecular complexity index is 1700. The Morgan fingerprint density at radius 3 is 2.17 bits per heavy atom. The zero-order valence-corrected chi connectivity index (χ0v) is 21.1. The molecule has 1 aromatic heterocycles. The monoisotopic (exact) mass is 600 g/mol. The third kappa shape index (κ3) is 6.09. The fourth-order valence-electron chi connectivity index (χ4n) is 3.76. The lowest BCUT2D eigenvalue weighted by Crippen LogP contribution is -2.18. The molecule has 0 saturated heterocycles. The number of alkyl halides is 6. The smallest absolute Gasteiger partial charge is 0.419 e. The molecule has 0 aliphatic heterocycles. The van der Waals surface area contributed by atoms with Gasteiger partial charge in [-0.25, -0.2) is 9.18 Å². The standard InChI is InChI=1S/C26H15F7N2O5S/c1-40-18-7-2-11(24(38)39)8-15(18)22(36)35-20-14-5-3-12(25(28,29)30)9-19(14)41-21(20)23(37)34-13-4-6-17(27)16(10-13)26(31,32)33/h2-10H,1H3,(H,34,37)(H,35,36)(H,38,39). The minimum Gasteiger partial charge on any atom is -0.496 e. The Kier molecular flexibility index (Phi) is 7.67. The van der Waals surface area contributed by atoms with Crippen molar-refractivity contribution in [2.75, 3.05) is 17.7 Å². The number of carbonyl (C=O) groups excluding carboxylic acids is 2. The molecule has 0 aliphatic rings. The number of thiophene rings is 1. The molecule has 0 aliphatic carbocycles. The number of methoxy groups -OCH3 is 1. The predicted molar refractivity (Wildman–Crippen MR) is 134 cm³/mol. The van der Waals surface area contributed by atoms with Gasteiger partial charge in [0.25, 0.3) is 11.8 Å². The Balaban J connectivity index is 1.80. The second-order valence-electron chi connectivity index (χ2n) is 8.34. The number of anilines is 2. The summed E-state index contributed by atoms with van der Waals surface area (Å²) in [7, 11) is 1.20. The van der Waals surface area contributed by atoms with E-state index in [0.29, 0.717) is 29.5 Å². The highest BCUT2D eigenvalue weighted by Crippen LogP contribution is 2.41. The molecular formula is C26H15F7N2O5S. The van der Waals surface area contributed by atoms with Gasteiger partial charge in [0.2, 0.25) is 0 Å². The molecule has 214 valence electrons. The van der Waals surface area contributed by atoms with Crippen molar-refractivity contribution in [2.45, 2.75) is 12.4 Å². The molecule has 0 atom stereocenters. The van der Waals surface area contributed by atoms with Gasteiger partial charge in [-0.05, 0) is 48.5 Å². The van der Waals surface area contributed by atoms with Crippen LogP contribution in [0.3, 0.4) is 0 Å². The van der Waals surface area contributed by atoms with Crippen molar-refractivity contribution in [3.63, 3.8) is 0 Å². The first-order valence-corrected chi connectivity index (χ1v) is 12.0. The van der Waals surface area contributed by atoms with Crippen molar-refractivity contribution in [1.82, 2.24) is 0 Å². The van der Waals surface area contributed by atoms with Crippen LogP contribution in [0.25, 0.3) is 10.1 Å². The first-order valence-electron chi connectivity index (χ1n) is 11.1. The van der Waals surface area contributed by atoms with Crippen molar-refractivity contribution >= 4 is 50.6 Å². The van der Waals surface area contributed by atoms with Crippen LogP contribution in [0.5, 0.6) is 5.75 Å². The average molecular weight is 600 g/mol. The van der Waals surface area contributed by atoms with Gasteiger partial charge in [-0.15, -0.1) is 11.3 Å². The van der Waals surface area contributed by atoms with Crippen molar-refractivity contribution in [3.8, 4) is 5.75 Å². The Morgan fingerprint density at radius 1 is 0.854 bits per heavy atom. The largest absolute Gasteiger partial charge is 0.496 e. The van der Waals surface area contributed by atoms with Gasteiger partial charge in [0, 0.05) is 15.8 Å². The molecule has 0 spiro atoms. The number of benzene rings is 3. The van der Waals surface area contributed by atoms with Crippen LogP contribution in [0.2, 0.25) is 0 Å². The molecule has 4 rings (SSSR count). The maximum absolute atomic E-state index is 13.7. The summed E-state index contributed by atoms with van der Waals surface area (Å²) in [5, 5.41) is 13.8.